The molecule has 0 saturated carbocycles. The Bertz CT molecular complexity index is 903. The predicted molar refractivity (Wildman–Crippen MR) is 124 cm³/mol. The van der Waals surface area contributed by atoms with E-state index >= 15 is 0 Å². The predicted octanol–water partition coefficient (Wildman–Crippen LogP) is 5.95. The number of pyridine rings is 1. The molecule has 1 heterocycles. The summed E-state index contributed by atoms with van der Waals surface area (Å²) in [5.74, 6) is -0.579. The van der Waals surface area contributed by atoms with E-state index in [4.69, 9.17) is 9.47 Å². The van der Waals surface area contributed by atoms with Crippen molar-refractivity contribution in [2.24, 2.45) is 0 Å². The number of aryl methyl sites for hydroxylation is 1. The number of hydrogen-bond donors (Lipinski definition) is 1. The van der Waals surface area contributed by atoms with Gasteiger partial charge in [0, 0.05) is 24.9 Å². The Morgan fingerprint density at radius 3 is 2.29 bits per heavy atom. The molecule has 0 spiro atoms. The lowest BCUT2D eigenvalue weighted by molar-refractivity contribution is -0.132. The summed E-state index contributed by atoms with van der Waals surface area (Å²) in [5, 5.41) is 11.1. The number of rotatable bonds is 14. The van der Waals surface area contributed by atoms with Gasteiger partial charge in [0.05, 0.1) is 12.1 Å². The Morgan fingerprint density at radius 2 is 1.61 bits per heavy atom. The van der Waals surface area contributed by atoms with Gasteiger partial charge < -0.3 is 19.1 Å². The van der Waals surface area contributed by atoms with E-state index in [2.05, 4.69) is 13.8 Å². The van der Waals surface area contributed by atoms with Crippen LogP contribution in [0.4, 0.5) is 0 Å². The van der Waals surface area contributed by atoms with Crippen LogP contribution >= 0.6 is 0 Å². The van der Waals surface area contributed by atoms with Crippen LogP contribution in [-0.4, -0.2) is 22.2 Å². The lowest BCUT2D eigenvalue weighted by Crippen LogP contribution is -2.24. The summed E-state index contributed by atoms with van der Waals surface area (Å²) in [7, 11) is 0. The fourth-order valence-corrected chi connectivity index (χ4v) is 3.71. The summed E-state index contributed by atoms with van der Waals surface area (Å²) >= 11 is 0. The van der Waals surface area contributed by atoms with Gasteiger partial charge in [-0.2, -0.15) is 0 Å². The topological polar surface area (TPSA) is 77.8 Å². The van der Waals surface area contributed by atoms with E-state index in [9.17, 15) is 14.7 Å². The number of nitrogens with zero attached hydrogens (tertiary/aromatic N) is 1. The third kappa shape index (κ3) is 7.30. The van der Waals surface area contributed by atoms with Gasteiger partial charge in [0.1, 0.15) is 5.75 Å². The maximum Gasteiger partial charge on any atom is 0.308 e. The van der Waals surface area contributed by atoms with Crippen LogP contribution in [0, 0.1) is 0 Å². The van der Waals surface area contributed by atoms with E-state index < -0.39 is 11.5 Å². The van der Waals surface area contributed by atoms with Crippen molar-refractivity contribution in [3.63, 3.8) is 0 Å². The second-order valence-corrected chi connectivity index (χ2v) is 8.08. The van der Waals surface area contributed by atoms with Crippen molar-refractivity contribution < 1.29 is 19.4 Å². The van der Waals surface area contributed by atoms with Crippen molar-refractivity contribution in [1.82, 2.24) is 4.57 Å². The largest absolute Gasteiger partial charge is 0.504 e. The number of benzene rings is 1. The molecule has 172 valence electrons. The lowest BCUT2D eigenvalue weighted by atomic mass is 10.1. The van der Waals surface area contributed by atoms with Gasteiger partial charge in [-0.3, -0.25) is 9.59 Å². The number of hydrogen-bond acceptors (Lipinski definition) is 5. The smallest absolute Gasteiger partial charge is 0.308 e. The molecule has 0 aliphatic carbocycles. The first-order chi connectivity index (χ1) is 15.0. The first-order valence-electron chi connectivity index (χ1n) is 11.7. The van der Waals surface area contributed by atoms with Crippen molar-refractivity contribution in [3.05, 3.63) is 28.6 Å². The van der Waals surface area contributed by atoms with Gasteiger partial charge in [0.25, 0.3) is 5.56 Å². The average Bonchev–Trinajstić information content (AvgIpc) is 2.75. The van der Waals surface area contributed by atoms with Crippen molar-refractivity contribution >= 4 is 16.9 Å². The minimum absolute atomic E-state index is 0.303. The maximum absolute atomic E-state index is 13.0. The highest BCUT2D eigenvalue weighted by Gasteiger charge is 2.19. The van der Waals surface area contributed by atoms with Gasteiger partial charge in [0.2, 0.25) is 5.75 Å². The van der Waals surface area contributed by atoms with Crippen LogP contribution in [0.15, 0.2) is 23.0 Å². The van der Waals surface area contributed by atoms with E-state index in [0.29, 0.717) is 29.8 Å². The Balaban J connectivity index is 2.24. The molecule has 0 atom stereocenters. The highest BCUT2D eigenvalue weighted by atomic mass is 16.5. The van der Waals surface area contributed by atoms with Crippen LogP contribution in [0.3, 0.4) is 0 Å². The zero-order valence-electron chi connectivity index (χ0n) is 19.2. The Hall–Kier alpha value is -2.50. The maximum atomic E-state index is 13.0. The number of esters is 1. The molecule has 0 radical (unpaired) electrons. The van der Waals surface area contributed by atoms with Crippen molar-refractivity contribution in [1.29, 1.82) is 0 Å². The zero-order valence-corrected chi connectivity index (χ0v) is 19.2. The van der Waals surface area contributed by atoms with E-state index in [1.165, 1.54) is 32.6 Å². The van der Waals surface area contributed by atoms with Crippen LogP contribution in [0.5, 0.6) is 17.2 Å². The molecule has 0 amide bonds. The van der Waals surface area contributed by atoms with Crippen LogP contribution in [0.2, 0.25) is 0 Å². The van der Waals surface area contributed by atoms with Crippen LogP contribution in [-0.2, 0) is 11.3 Å². The highest BCUT2D eigenvalue weighted by Crippen LogP contribution is 2.33. The normalized spacial score (nSPS) is 11.1. The Morgan fingerprint density at radius 1 is 0.968 bits per heavy atom. The van der Waals surface area contributed by atoms with Gasteiger partial charge in [-0.05, 0) is 25.0 Å². The molecule has 31 heavy (non-hydrogen) atoms. The third-order valence-corrected chi connectivity index (χ3v) is 5.42. The molecule has 2 aromatic rings. The molecular formula is C25H37NO5. The summed E-state index contributed by atoms with van der Waals surface area (Å²) in [6.45, 7) is 6.67. The molecule has 1 aromatic carbocycles. The van der Waals surface area contributed by atoms with Crippen molar-refractivity contribution in [3.8, 4) is 17.2 Å². The molecule has 6 nitrogen and oxygen atoms in total. The first kappa shape index (κ1) is 24.8. The molecule has 0 aliphatic rings. The van der Waals surface area contributed by atoms with Crippen molar-refractivity contribution in [2.75, 3.05) is 6.61 Å². The van der Waals surface area contributed by atoms with Gasteiger partial charge in [-0.15, -0.1) is 0 Å². The minimum atomic E-state index is -0.636. The van der Waals surface area contributed by atoms with Crippen LogP contribution < -0.4 is 15.0 Å². The summed E-state index contributed by atoms with van der Waals surface area (Å²) in [4.78, 5) is 24.4. The molecule has 0 bridgehead atoms. The highest BCUT2D eigenvalue weighted by molar-refractivity contribution is 5.89. The molecule has 0 saturated heterocycles. The molecule has 2 rings (SSSR count). The summed E-state index contributed by atoms with van der Waals surface area (Å²) in [6.07, 6.45) is 11.1. The van der Waals surface area contributed by atoms with Gasteiger partial charge in [-0.25, -0.2) is 0 Å². The fourth-order valence-electron chi connectivity index (χ4n) is 3.71. The van der Waals surface area contributed by atoms with E-state index in [1.807, 2.05) is 0 Å². The standard InChI is InChI=1S/C25H37NO5/c1-4-6-8-10-11-13-17-30-20-14-15-21-22(18-20)26(16-12-9-7-5-2)25(29)24(23(21)28)31-19(3)27/h14-15,18,28H,4-13,16-17H2,1-3H3. The van der Waals surface area contributed by atoms with Crippen LogP contribution in [0.25, 0.3) is 10.9 Å². The van der Waals surface area contributed by atoms with E-state index in [0.717, 1.165) is 38.5 Å². The van der Waals surface area contributed by atoms with Gasteiger partial charge in [-0.1, -0.05) is 65.2 Å². The number of unbranched alkanes of at least 4 members (excludes halogenated alkanes) is 8. The molecular weight excluding hydrogens is 394 g/mol. The molecule has 6 heteroatoms. The number of carbonyl (C=O) groups is 1. The van der Waals surface area contributed by atoms with E-state index in [-0.39, 0.29) is 11.5 Å². The quantitative estimate of drug-likeness (QED) is 0.295. The van der Waals surface area contributed by atoms with Crippen LogP contribution in [0.1, 0.15) is 85.0 Å². The Labute approximate surface area is 185 Å². The average molecular weight is 432 g/mol. The number of ether oxygens (including phenoxy) is 2. The SMILES string of the molecule is CCCCCCCCOc1ccc2c(O)c(OC(C)=O)c(=O)n(CCCCCC)c2c1. The number of aromatic hydroxyl groups is 1. The molecule has 0 aliphatic heterocycles. The second kappa shape index (κ2) is 13.0. The molecule has 0 fully saturated rings. The first-order valence-corrected chi connectivity index (χ1v) is 11.7. The number of carbonyl (C=O) groups excluding carboxylic acids is 1. The number of fused-ring (bicyclic) bond motifs is 1. The third-order valence-electron chi connectivity index (χ3n) is 5.42. The minimum Gasteiger partial charge on any atom is -0.504 e. The summed E-state index contributed by atoms with van der Waals surface area (Å²) in [5.41, 5.74) is 0.0973. The van der Waals surface area contributed by atoms with Gasteiger partial charge in [0.15, 0.2) is 5.75 Å². The number of aromatic nitrogens is 1. The lowest BCUT2D eigenvalue weighted by Gasteiger charge is -2.16. The summed E-state index contributed by atoms with van der Waals surface area (Å²) in [6, 6.07) is 5.30. The van der Waals surface area contributed by atoms with Crippen molar-refractivity contribution in [2.45, 2.75) is 91.5 Å². The monoisotopic (exact) mass is 431 g/mol. The second-order valence-electron chi connectivity index (χ2n) is 8.08. The van der Waals surface area contributed by atoms with Gasteiger partial charge >= 0.3 is 5.97 Å². The summed E-state index contributed by atoms with van der Waals surface area (Å²) < 4.78 is 12.5. The molecule has 1 N–H and O–H groups in total. The van der Waals surface area contributed by atoms with E-state index in [1.54, 1.807) is 22.8 Å². The Kier molecular flexibility index (Phi) is 10.4. The fraction of sp³-hybridized carbons (Fsp3) is 0.600. The zero-order chi connectivity index (χ0) is 22.6. The molecule has 0 unspecified atom stereocenters. The molecule has 1 aromatic heterocycles.